The number of nitrogens with two attached hydrogens (primary N) is 1. The van der Waals surface area contributed by atoms with Gasteiger partial charge < -0.3 is 10.5 Å². The Morgan fingerprint density at radius 3 is 2.77 bits per heavy atom. The number of hydrogen-bond donors (Lipinski definition) is 3. The maximum Gasteiger partial charge on any atom is 0.247 e. The van der Waals surface area contributed by atoms with Gasteiger partial charge in [-0.3, -0.25) is 19.8 Å². The van der Waals surface area contributed by atoms with Crippen molar-refractivity contribution >= 4 is 38.6 Å². The lowest BCUT2D eigenvalue weighted by atomic mass is 9.93. The topological polar surface area (TPSA) is 115 Å². The molecule has 0 radical (unpaired) electrons. The molecule has 2 aromatic carbocycles. The smallest absolute Gasteiger partial charge is 0.247 e. The molecular weight excluding hydrogens is 462 g/mol. The maximum atomic E-state index is 12.0. The van der Waals surface area contributed by atoms with Crippen LogP contribution < -0.4 is 16.0 Å². The number of primary amides is 1. The summed E-state index contributed by atoms with van der Waals surface area (Å²) in [5, 5.41) is 9.91. The van der Waals surface area contributed by atoms with Gasteiger partial charge in [-0.15, -0.1) is 0 Å². The van der Waals surface area contributed by atoms with E-state index in [2.05, 4.69) is 20.9 Å². The van der Waals surface area contributed by atoms with Crippen LogP contribution in [0.4, 0.5) is 0 Å². The lowest BCUT2D eigenvalue weighted by Gasteiger charge is -2.15. The molecule has 160 valence electrons. The minimum atomic E-state index is -0.970. The number of aromatic nitrogens is 1. The van der Waals surface area contributed by atoms with Gasteiger partial charge in [-0.25, -0.2) is 5.48 Å². The number of ether oxygens (including phenoxy) is 1. The average molecular weight is 484 g/mol. The zero-order chi connectivity index (χ0) is 22.2. The minimum Gasteiger partial charge on any atom is -0.488 e. The number of para-hydroxylation sites is 1. The molecular formula is C23H22BrN3O4. The van der Waals surface area contributed by atoms with Crippen LogP contribution >= 0.6 is 15.9 Å². The molecule has 31 heavy (non-hydrogen) atoms. The number of hydroxylamine groups is 1. The van der Waals surface area contributed by atoms with E-state index in [0.29, 0.717) is 25.2 Å². The fourth-order valence-corrected chi connectivity index (χ4v) is 4.63. The van der Waals surface area contributed by atoms with Gasteiger partial charge in [0.15, 0.2) is 0 Å². The first kappa shape index (κ1) is 21.3. The van der Waals surface area contributed by atoms with Gasteiger partial charge in [0.2, 0.25) is 11.8 Å². The van der Waals surface area contributed by atoms with Gasteiger partial charge >= 0.3 is 0 Å². The fraction of sp³-hybridized carbons (Fsp3) is 0.261. The van der Waals surface area contributed by atoms with E-state index in [-0.39, 0.29) is 0 Å². The molecule has 2 amide bonds. The number of carbonyl (C=O) groups is 2. The second-order valence-electron chi connectivity index (χ2n) is 7.92. The van der Waals surface area contributed by atoms with Gasteiger partial charge in [0.1, 0.15) is 12.4 Å². The molecule has 1 aliphatic carbocycles. The summed E-state index contributed by atoms with van der Waals surface area (Å²) < 4.78 is 6.79. The molecule has 0 spiro atoms. The minimum absolute atomic E-state index is 0.313. The number of nitrogens with zero attached hydrogens (tertiary/aromatic N) is 1. The van der Waals surface area contributed by atoms with Crippen LogP contribution in [0.3, 0.4) is 0 Å². The van der Waals surface area contributed by atoms with Crippen molar-refractivity contribution < 1.29 is 19.5 Å². The fourth-order valence-electron chi connectivity index (χ4n) is 4.09. The van der Waals surface area contributed by atoms with Crippen molar-refractivity contribution in [3.05, 3.63) is 69.8 Å². The monoisotopic (exact) mass is 483 g/mol. The molecule has 0 aliphatic heterocycles. The number of carbonyl (C=O) groups excluding carboxylic acids is 2. The molecule has 0 bridgehead atoms. The van der Waals surface area contributed by atoms with Gasteiger partial charge in [0, 0.05) is 16.6 Å². The Kier molecular flexibility index (Phi) is 5.68. The highest BCUT2D eigenvalue weighted by atomic mass is 79.9. The van der Waals surface area contributed by atoms with E-state index < -0.39 is 23.1 Å². The van der Waals surface area contributed by atoms with Crippen molar-refractivity contribution in [2.24, 2.45) is 17.1 Å². The summed E-state index contributed by atoms with van der Waals surface area (Å²) in [5.74, 6) is -1.08. The molecule has 1 heterocycles. The second kappa shape index (κ2) is 8.28. The number of hydrogen-bond acceptors (Lipinski definition) is 5. The summed E-state index contributed by atoms with van der Waals surface area (Å²) in [4.78, 5) is 28.3. The number of nitrogens with one attached hydrogen (secondary N) is 1. The van der Waals surface area contributed by atoms with E-state index in [0.717, 1.165) is 32.2 Å². The zero-order valence-electron chi connectivity index (χ0n) is 16.9. The summed E-state index contributed by atoms with van der Waals surface area (Å²) in [6, 6.07) is 15.5. The first-order chi connectivity index (χ1) is 14.8. The molecule has 2 atom stereocenters. The van der Waals surface area contributed by atoms with Crippen LogP contribution in [0.5, 0.6) is 5.75 Å². The van der Waals surface area contributed by atoms with Crippen LogP contribution in [-0.4, -0.2) is 22.0 Å². The first-order valence-electron chi connectivity index (χ1n) is 9.84. The van der Waals surface area contributed by atoms with Gasteiger partial charge in [-0.1, -0.05) is 24.3 Å². The van der Waals surface area contributed by atoms with Crippen molar-refractivity contribution in [3.8, 4) is 5.75 Å². The number of halogens is 1. The molecule has 7 nitrogen and oxygen atoms in total. The SMILES string of the molecule is Cc1cc(COc2ccc(C[C@]3(C(N)=O)C[C@@H]3C(=O)NO)cc2Br)c2ccccc2n1. The van der Waals surface area contributed by atoms with Crippen LogP contribution in [-0.2, 0) is 22.6 Å². The first-order valence-corrected chi connectivity index (χ1v) is 10.6. The Balaban J connectivity index is 1.50. The third-order valence-corrected chi connectivity index (χ3v) is 6.44. The lowest BCUT2D eigenvalue weighted by Crippen LogP contribution is -2.33. The Morgan fingerprint density at radius 2 is 2.06 bits per heavy atom. The molecule has 1 fully saturated rings. The van der Waals surface area contributed by atoms with Crippen LogP contribution in [0.25, 0.3) is 10.9 Å². The molecule has 0 saturated heterocycles. The van der Waals surface area contributed by atoms with E-state index in [1.54, 1.807) is 5.48 Å². The average Bonchev–Trinajstić information content (AvgIpc) is 3.48. The van der Waals surface area contributed by atoms with Crippen molar-refractivity contribution in [3.63, 3.8) is 0 Å². The Hall–Kier alpha value is -2.97. The number of fused-ring (bicyclic) bond motifs is 1. The summed E-state index contributed by atoms with van der Waals surface area (Å²) >= 11 is 3.53. The van der Waals surface area contributed by atoms with E-state index in [4.69, 9.17) is 15.7 Å². The Labute approximate surface area is 187 Å². The van der Waals surface area contributed by atoms with E-state index in [9.17, 15) is 9.59 Å². The Bertz CT molecular complexity index is 1180. The molecule has 1 aliphatic rings. The highest BCUT2D eigenvalue weighted by molar-refractivity contribution is 9.10. The number of rotatable bonds is 7. The molecule has 4 N–H and O–H groups in total. The molecule has 1 aromatic heterocycles. The van der Waals surface area contributed by atoms with Gasteiger partial charge in [0.25, 0.3) is 0 Å². The van der Waals surface area contributed by atoms with E-state index >= 15 is 0 Å². The highest BCUT2D eigenvalue weighted by Crippen LogP contribution is 2.55. The zero-order valence-corrected chi connectivity index (χ0v) is 18.5. The summed E-state index contributed by atoms with van der Waals surface area (Å²) in [7, 11) is 0. The quantitative estimate of drug-likeness (QED) is 0.351. The van der Waals surface area contributed by atoms with Gasteiger partial charge in [-0.05, 0) is 65.5 Å². The molecule has 3 aromatic rings. The van der Waals surface area contributed by atoms with Crippen LogP contribution in [0.2, 0.25) is 0 Å². The number of aryl methyl sites for hydroxylation is 1. The van der Waals surface area contributed by atoms with Crippen molar-refractivity contribution in [2.75, 3.05) is 0 Å². The number of pyridine rings is 1. The lowest BCUT2D eigenvalue weighted by molar-refractivity contribution is -0.134. The highest BCUT2D eigenvalue weighted by Gasteiger charge is 2.62. The number of amides is 2. The molecule has 1 saturated carbocycles. The maximum absolute atomic E-state index is 12.0. The van der Waals surface area contributed by atoms with Gasteiger partial charge in [0.05, 0.1) is 21.3 Å². The molecule has 4 rings (SSSR count). The van der Waals surface area contributed by atoms with Crippen LogP contribution in [0.1, 0.15) is 23.2 Å². The van der Waals surface area contributed by atoms with E-state index in [1.807, 2.05) is 55.5 Å². The standard InChI is InChI=1S/C23H22BrN3O4/c1-13-8-15(16-4-2-3-5-19(16)26-13)12-31-20-7-6-14(9-18(20)24)10-23(22(25)29)11-17(23)21(28)27-30/h2-9,17,30H,10-12H2,1H3,(H2,25,29)(H,27,28)/t17-,23+/m1/s1. The number of benzene rings is 2. The van der Waals surface area contributed by atoms with E-state index in [1.165, 1.54) is 0 Å². The second-order valence-corrected chi connectivity index (χ2v) is 8.78. The van der Waals surface area contributed by atoms with Crippen molar-refractivity contribution in [1.82, 2.24) is 10.5 Å². The summed E-state index contributed by atoms with van der Waals surface area (Å²) in [6.07, 6.45) is 0.632. The van der Waals surface area contributed by atoms with Crippen molar-refractivity contribution in [1.29, 1.82) is 0 Å². The van der Waals surface area contributed by atoms with Crippen molar-refractivity contribution in [2.45, 2.75) is 26.4 Å². The van der Waals surface area contributed by atoms with Gasteiger partial charge in [-0.2, -0.15) is 0 Å². The third-order valence-electron chi connectivity index (χ3n) is 5.82. The predicted molar refractivity (Wildman–Crippen MR) is 118 cm³/mol. The van der Waals surface area contributed by atoms with Crippen LogP contribution in [0.15, 0.2) is 53.0 Å². The molecule has 8 heteroatoms. The summed E-state index contributed by atoms with van der Waals surface area (Å²) in [6.45, 7) is 2.34. The predicted octanol–water partition coefficient (Wildman–Crippen LogP) is 3.42. The van der Waals surface area contributed by atoms with Crippen LogP contribution in [0, 0.1) is 18.3 Å². The third kappa shape index (κ3) is 4.13. The normalized spacial score (nSPS) is 19.8. The molecule has 0 unspecified atom stereocenters. The Morgan fingerprint density at radius 1 is 1.29 bits per heavy atom. The largest absolute Gasteiger partial charge is 0.488 e. The summed E-state index contributed by atoms with van der Waals surface area (Å²) in [5.41, 5.74) is 9.94.